The van der Waals surface area contributed by atoms with E-state index in [-0.39, 0.29) is 23.4 Å². The molecule has 0 radical (unpaired) electrons. The number of morpholine rings is 1. The minimum absolute atomic E-state index is 0.102. The first-order chi connectivity index (χ1) is 13.4. The average Bonchev–Trinajstić information content (AvgIpc) is 2.67. The molecule has 0 spiro atoms. The molecule has 1 heterocycles. The van der Waals surface area contributed by atoms with Crippen molar-refractivity contribution in [3.8, 4) is 0 Å². The largest absolute Gasteiger partial charge is 0.379 e. The number of nitrogens with zero attached hydrogens (tertiary/aromatic N) is 1. The van der Waals surface area contributed by atoms with Crippen LogP contribution >= 0.6 is 23.2 Å². The summed E-state index contributed by atoms with van der Waals surface area (Å²) < 4.78 is 46.5. The Balaban J connectivity index is 1.74. The molecule has 0 aromatic heterocycles. The summed E-state index contributed by atoms with van der Waals surface area (Å²) in [6.45, 7) is 2.71. The number of hydrogen-bond acceptors (Lipinski definition) is 4. The van der Waals surface area contributed by atoms with Crippen molar-refractivity contribution in [3.05, 3.63) is 69.5 Å². The lowest BCUT2D eigenvalue weighted by Gasteiger charge is -2.35. The van der Waals surface area contributed by atoms with Gasteiger partial charge in [-0.1, -0.05) is 47.5 Å². The molecule has 152 valence electrons. The highest BCUT2D eigenvalue weighted by Gasteiger charge is 2.26. The van der Waals surface area contributed by atoms with E-state index >= 15 is 0 Å². The van der Waals surface area contributed by atoms with Gasteiger partial charge in [-0.25, -0.2) is 17.5 Å². The van der Waals surface area contributed by atoms with Crippen LogP contribution in [0.3, 0.4) is 0 Å². The molecule has 0 saturated carbocycles. The summed E-state index contributed by atoms with van der Waals surface area (Å²) in [5, 5.41) is 0.485. The van der Waals surface area contributed by atoms with E-state index in [0.717, 1.165) is 11.6 Å². The van der Waals surface area contributed by atoms with Crippen LogP contribution in [-0.2, 0) is 20.5 Å². The molecule has 2 aromatic rings. The molecule has 0 unspecified atom stereocenters. The van der Waals surface area contributed by atoms with Gasteiger partial charge in [0.05, 0.1) is 24.0 Å². The topological polar surface area (TPSA) is 58.6 Å². The van der Waals surface area contributed by atoms with Gasteiger partial charge in [0.15, 0.2) is 0 Å². The molecule has 1 aliphatic rings. The van der Waals surface area contributed by atoms with Crippen molar-refractivity contribution in [2.24, 2.45) is 0 Å². The van der Waals surface area contributed by atoms with E-state index < -0.39 is 15.8 Å². The number of sulfonamides is 1. The quantitative estimate of drug-likeness (QED) is 0.705. The minimum Gasteiger partial charge on any atom is -0.379 e. The smallest absolute Gasteiger partial charge is 0.215 e. The van der Waals surface area contributed by atoms with Crippen LogP contribution in [0.1, 0.15) is 17.2 Å². The van der Waals surface area contributed by atoms with Crippen molar-refractivity contribution >= 4 is 33.2 Å². The van der Waals surface area contributed by atoms with Gasteiger partial charge in [-0.2, -0.15) is 0 Å². The van der Waals surface area contributed by atoms with Crippen LogP contribution in [-0.4, -0.2) is 46.2 Å². The Hall–Kier alpha value is -1.22. The molecule has 2 aromatic carbocycles. The van der Waals surface area contributed by atoms with Gasteiger partial charge in [0.25, 0.3) is 0 Å². The maximum absolute atomic E-state index is 13.3. The lowest BCUT2D eigenvalue weighted by Crippen LogP contribution is -2.44. The van der Waals surface area contributed by atoms with Crippen molar-refractivity contribution in [1.29, 1.82) is 0 Å². The van der Waals surface area contributed by atoms with Crippen molar-refractivity contribution in [3.63, 3.8) is 0 Å². The monoisotopic (exact) mass is 446 g/mol. The molecule has 1 aliphatic heterocycles. The first-order valence-corrected chi connectivity index (χ1v) is 11.2. The van der Waals surface area contributed by atoms with E-state index in [0.29, 0.717) is 36.9 Å². The second-order valence-electron chi connectivity index (χ2n) is 6.54. The number of hydrogen-bond donors (Lipinski definition) is 1. The number of nitrogens with one attached hydrogen (secondary N) is 1. The second-order valence-corrected chi connectivity index (χ2v) is 9.16. The Labute approximate surface area is 174 Å². The first kappa shape index (κ1) is 21.5. The van der Waals surface area contributed by atoms with Crippen LogP contribution in [0.5, 0.6) is 0 Å². The molecule has 0 amide bonds. The van der Waals surface area contributed by atoms with Gasteiger partial charge in [-0.3, -0.25) is 4.90 Å². The fraction of sp³-hybridized carbons (Fsp3) is 0.368. The summed E-state index contributed by atoms with van der Waals surface area (Å²) in [6.07, 6.45) is 0. The fourth-order valence-corrected chi connectivity index (χ4v) is 4.77. The van der Waals surface area contributed by atoms with Crippen molar-refractivity contribution < 1.29 is 17.5 Å². The molecule has 0 aliphatic carbocycles. The second kappa shape index (κ2) is 9.52. The summed E-state index contributed by atoms with van der Waals surface area (Å²) in [7, 11) is -3.65. The third-order valence-electron chi connectivity index (χ3n) is 4.59. The average molecular weight is 447 g/mol. The summed E-state index contributed by atoms with van der Waals surface area (Å²) in [5.74, 6) is -0.868. The number of ether oxygens (including phenoxy) is 1. The molecule has 5 nitrogen and oxygen atoms in total. The van der Waals surface area contributed by atoms with Gasteiger partial charge in [-0.05, 0) is 29.3 Å². The Morgan fingerprint density at radius 2 is 1.82 bits per heavy atom. The van der Waals surface area contributed by atoms with Gasteiger partial charge >= 0.3 is 0 Å². The molecule has 1 fully saturated rings. The zero-order valence-electron chi connectivity index (χ0n) is 15.1. The Bertz CT molecular complexity index is 921. The molecule has 3 rings (SSSR count). The molecule has 1 saturated heterocycles. The van der Waals surface area contributed by atoms with Gasteiger partial charge in [0.2, 0.25) is 10.0 Å². The van der Waals surface area contributed by atoms with Gasteiger partial charge < -0.3 is 4.74 Å². The number of rotatable bonds is 7. The molecular formula is C19H21Cl2FN2O3S. The summed E-state index contributed by atoms with van der Waals surface area (Å²) >= 11 is 12.1. The lowest BCUT2D eigenvalue weighted by atomic mass is 10.0. The molecule has 28 heavy (non-hydrogen) atoms. The van der Waals surface area contributed by atoms with E-state index in [1.54, 1.807) is 6.07 Å². The summed E-state index contributed by atoms with van der Waals surface area (Å²) in [5.41, 5.74) is 1.28. The lowest BCUT2D eigenvalue weighted by molar-refractivity contribution is 0.0172. The van der Waals surface area contributed by atoms with Gasteiger partial charge in [0, 0.05) is 30.7 Å². The highest BCUT2D eigenvalue weighted by molar-refractivity contribution is 7.88. The Morgan fingerprint density at radius 1 is 1.11 bits per heavy atom. The predicted octanol–water partition coefficient (Wildman–Crippen LogP) is 3.63. The molecule has 1 N–H and O–H groups in total. The van der Waals surface area contributed by atoms with E-state index in [4.69, 9.17) is 27.9 Å². The minimum atomic E-state index is -3.65. The zero-order valence-corrected chi connectivity index (χ0v) is 17.4. The number of halogens is 3. The van der Waals surface area contributed by atoms with Crippen LogP contribution in [0.2, 0.25) is 10.0 Å². The zero-order chi connectivity index (χ0) is 20.1. The van der Waals surface area contributed by atoms with Crippen molar-refractivity contribution in [2.45, 2.75) is 11.8 Å². The summed E-state index contributed by atoms with van der Waals surface area (Å²) in [6, 6.07) is 11.1. The number of benzene rings is 2. The highest BCUT2D eigenvalue weighted by Crippen LogP contribution is 2.28. The van der Waals surface area contributed by atoms with E-state index in [2.05, 4.69) is 9.62 Å². The maximum atomic E-state index is 13.3. The maximum Gasteiger partial charge on any atom is 0.215 e. The van der Waals surface area contributed by atoms with E-state index in [1.807, 2.05) is 18.2 Å². The standard InChI is InChI=1S/C19H21Cl2FN2O3S/c20-16-4-2-1-3-15(16)19(24-7-9-27-10-8-24)12-23-28(25,26)13-14-5-6-18(22)17(21)11-14/h1-6,11,19,23H,7-10,12-13H2/t19-/m1/s1. The first-order valence-electron chi connectivity index (χ1n) is 8.83. The fourth-order valence-electron chi connectivity index (χ4n) is 3.18. The third-order valence-corrected chi connectivity index (χ3v) is 6.54. The SMILES string of the molecule is O=S(=O)(Cc1ccc(F)c(Cl)c1)NC[C@H](c1ccccc1Cl)N1CCOCC1. The molecule has 1 atom stereocenters. The van der Waals surface area contributed by atoms with Crippen LogP contribution < -0.4 is 4.72 Å². The van der Waals surface area contributed by atoms with Gasteiger partial charge in [0.1, 0.15) is 5.82 Å². The van der Waals surface area contributed by atoms with Crippen LogP contribution in [0, 0.1) is 5.82 Å². The van der Waals surface area contributed by atoms with Crippen LogP contribution in [0.25, 0.3) is 0 Å². The van der Waals surface area contributed by atoms with E-state index in [9.17, 15) is 12.8 Å². The van der Waals surface area contributed by atoms with Gasteiger partial charge in [-0.15, -0.1) is 0 Å². The van der Waals surface area contributed by atoms with Crippen molar-refractivity contribution in [2.75, 3.05) is 32.8 Å². The Kier molecular flexibility index (Phi) is 7.31. The third kappa shape index (κ3) is 5.65. The molecular weight excluding hydrogens is 426 g/mol. The van der Waals surface area contributed by atoms with E-state index in [1.165, 1.54) is 12.1 Å². The van der Waals surface area contributed by atoms with Crippen molar-refractivity contribution in [1.82, 2.24) is 9.62 Å². The molecule has 0 bridgehead atoms. The predicted molar refractivity (Wildman–Crippen MR) is 109 cm³/mol. The molecule has 9 heteroatoms. The Morgan fingerprint density at radius 3 is 2.50 bits per heavy atom. The van der Waals surface area contributed by atoms with Crippen LogP contribution in [0.15, 0.2) is 42.5 Å². The van der Waals surface area contributed by atoms with Crippen LogP contribution in [0.4, 0.5) is 4.39 Å². The normalized spacial score (nSPS) is 16.8. The highest BCUT2D eigenvalue weighted by atomic mass is 35.5. The summed E-state index contributed by atoms with van der Waals surface area (Å²) in [4.78, 5) is 2.15.